The molecule has 2 nitrogen and oxygen atoms in total. The maximum absolute atomic E-state index is 9.56. The van der Waals surface area contributed by atoms with Crippen LogP contribution in [-0.2, 0) is 12.8 Å². The molecule has 102 valence electrons. The van der Waals surface area contributed by atoms with Crippen LogP contribution in [0.1, 0.15) is 26.7 Å². The minimum atomic E-state index is 0.214. The zero-order valence-electron chi connectivity index (χ0n) is 11.8. The molecular weight excluding hydrogens is 254 g/mol. The van der Waals surface area contributed by atoms with E-state index in [1.807, 2.05) is 6.92 Å². The summed E-state index contributed by atoms with van der Waals surface area (Å²) < 4.78 is 0. The van der Waals surface area contributed by atoms with Crippen molar-refractivity contribution >= 4 is 11.3 Å². The summed E-state index contributed by atoms with van der Waals surface area (Å²) in [6.45, 7) is 6.45. The molecule has 1 unspecified atom stereocenters. The summed E-state index contributed by atoms with van der Waals surface area (Å²) in [7, 11) is 0. The first kappa shape index (κ1) is 14.2. The molecule has 19 heavy (non-hydrogen) atoms. The van der Waals surface area contributed by atoms with Crippen LogP contribution in [0, 0.1) is 26.7 Å². The molecule has 0 aliphatic heterocycles. The van der Waals surface area contributed by atoms with Gasteiger partial charge < -0.3 is 5.11 Å². The smallest absolute Gasteiger partial charge is 0.0934 e. The number of hydrogen-bond donors (Lipinski definition) is 1. The molecule has 0 spiro atoms. The number of aromatic nitrogens is 1. The van der Waals surface area contributed by atoms with E-state index in [0.29, 0.717) is 0 Å². The van der Waals surface area contributed by atoms with Gasteiger partial charge in [-0.1, -0.05) is 29.8 Å². The number of nitrogens with zero attached hydrogens (tertiary/aromatic N) is 1. The summed E-state index contributed by atoms with van der Waals surface area (Å²) >= 11 is 1.75. The Balaban J connectivity index is 2.02. The number of aliphatic hydroxyl groups is 1. The first-order valence-corrected chi connectivity index (χ1v) is 7.49. The first-order valence-electron chi connectivity index (χ1n) is 6.67. The molecule has 1 atom stereocenters. The maximum atomic E-state index is 9.56. The van der Waals surface area contributed by atoms with Crippen LogP contribution >= 0.6 is 11.3 Å². The van der Waals surface area contributed by atoms with Gasteiger partial charge in [0.2, 0.25) is 0 Å². The Morgan fingerprint density at radius 3 is 2.32 bits per heavy atom. The van der Waals surface area contributed by atoms with Crippen molar-refractivity contribution in [1.82, 2.24) is 4.98 Å². The molecule has 0 amide bonds. The first-order chi connectivity index (χ1) is 9.08. The summed E-state index contributed by atoms with van der Waals surface area (Å²) in [5, 5.41) is 10.7. The second kappa shape index (κ2) is 6.31. The van der Waals surface area contributed by atoms with Crippen LogP contribution in [0.15, 0.2) is 24.3 Å². The summed E-state index contributed by atoms with van der Waals surface area (Å²) in [5.41, 5.74) is 3.68. The Labute approximate surface area is 119 Å². The Morgan fingerprint density at radius 1 is 1.11 bits per heavy atom. The molecule has 3 heteroatoms. The van der Waals surface area contributed by atoms with Gasteiger partial charge in [-0.2, -0.15) is 0 Å². The average molecular weight is 275 g/mol. The monoisotopic (exact) mass is 275 g/mol. The predicted molar refractivity (Wildman–Crippen MR) is 80.8 cm³/mol. The SMILES string of the molecule is Cc1ccc(CC(CO)Cc2nc(C)c(C)s2)cc1. The van der Waals surface area contributed by atoms with Crippen molar-refractivity contribution < 1.29 is 5.11 Å². The van der Waals surface area contributed by atoms with Gasteiger partial charge in [0.25, 0.3) is 0 Å². The molecule has 2 aromatic rings. The molecule has 1 N–H and O–H groups in total. The van der Waals surface area contributed by atoms with E-state index in [4.69, 9.17) is 0 Å². The normalized spacial score (nSPS) is 12.6. The topological polar surface area (TPSA) is 33.1 Å². The second-order valence-corrected chi connectivity index (χ2v) is 6.48. The van der Waals surface area contributed by atoms with E-state index in [1.165, 1.54) is 16.0 Å². The highest BCUT2D eigenvalue weighted by Crippen LogP contribution is 2.21. The van der Waals surface area contributed by atoms with E-state index >= 15 is 0 Å². The van der Waals surface area contributed by atoms with E-state index in [-0.39, 0.29) is 12.5 Å². The van der Waals surface area contributed by atoms with Crippen molar-refractivity contribution in [1.29, 1.82) is 0 Å². The fourth-order valence-corrected chi connectivity index (χ4v) is 3.18. The predicted octanol–water partition coefficient (Wildman–Crippen LogP) is 3.46. The summed E-state index contributed by atoms with van der Waals surface area (Å²) in [6.07, 6.45) is 1.78. The highest BCUT2D eigenvalue weighted by atomic mass is 32.1. The Hall–Kier alpha value is -1.19. The lowest BCUT2D eigenvalue weighted by Crippen LogP contribution is -2.12. The fourth-order valence-electron chi connectivity index (χ4n) is 2.13. The molecule has 0 saturated carbocycles. The molecule has 0 aliphatic carbocycles. The molecule has 0 radical (unpaired) electrons. The van der Waals surface area contributed by atoms with Crippen LogP contribution in [0.5, 0.6) is 0 Å². The minimum absolute atomic E-state index is 0.214. The van der Waals surface area contributed by atoms with E-state index in [2.05, 4.69) is 43.1 Å². The molecule has 0 saturated heterocycles. The second-order valence-electron chi connectivity index (χ2n) is 5.19. The highest BCUT2D eigenvalue weighted by molar-refractivity contribution is 7.11. The molecule has 0 bridgehead atoms. The Bertz CT molecular complexity index is 511. The van der Waals surface area contributed by atoms with Crippen LogP contribution < -0.4 is 0 Å². The van der Waals surface area contributed by atoms with Crippen molar-refractivity contribution in [2.75, 3.05) is 6.61 Å². The van der Waals surface area contributed by atoms with Gasteiger partial charge in [-0.05, 0) is 38.7 Å². The van der Waals surface area contributed by atoms with Crippen molar-refractivity contribution in [2.24, 2.45) is 5.92 Å². The highest BCUT2D eigenvalue weighted by Gasteiger charge is 2.13. The summed E-state index contributed by atoms with van der Waals surface area (Å²) in [6, 6.07) is 8.55. The molecule has 0 fully saturated rings. The number of aliphatic hydroxyl groups excluding tert-OH is 1. The zero-order chi connectivity index (χ0) is 13.8. The number of hydrogen-bond acceptors (Lipinski definition) is 3. The van der Waals surface area contributed by atoms with Crippen molar-refractivity contribution in [2.45, 2.75) is 33.6 Å². The lowest BCUT2D eigenvalue weighted by molar-refractivity contribution is 0.225. The average Bonchev–Trinajstić information content (AvgIpc) is 2.70. The molecule has 2 rings (SSSR count). The van der Waals surface area contributed by atoms with Crippen LogP contribution in [0.3, 0.4) is 0 Å². The van der Waals surface area contributed by atoms with E-state index in [1.54, 1.807) is 11.3 Å². The number of thiazole rings is 1. The van der Waals surface area contributed by atoms with Crippen LogP contribution in [0.4, 0.5) is 0 Å². The van der Waals surface area contributed by atoms with Gasteiger partial charge in [-0.15, -0.1) is 11.3 Å². The molecule has 1 aromatic carbocycles. The Kier molecular flexibility index (Phi) is 4.72. The molecule has 1 aromatic heterocycles. The van der Waals surface area contributed by atoms with E-state index < -0.39 is 0 Å². The van der Waals surface area contributed by atoms with Crippen LogP contribution in [0.2, 0.25) is 0 Å². The van der Waals surface area contributed by atoms with Gasteiger partial charge >= 0.3 is 0 Å². The lowest BCUT2D eigenvalue weighted by atomic mass is 9.97. The third-order valence-electron chi connectivity index (χ3n) is 3.44. The summed E-state index contributed by atoms with van der Waals surface area (Å²) in [5.74, 6) is 0.257. The summed E-state index contributed by atoms with van der Waals surface area (Å²) in [4.78, 5) is 5.84. The van der Waals surface area contributed by atoms with Crippen molar-refractivity contribution in [3.05, 3.63) is 51.0 Å². The van der Waals surface area contributed by atoms with Crippen molar-refractivity contribution in [3.63, 3.8) is 0 Å². The van der Waals surface area contributed by atoms with Crippen LogP contribution in [-0.4, -0.2) is 16.7 Å². The fraction of sp³-hybridized carbons (Fsp3) is 0.438. The largest absolute Gasteiger partial charge is 0.396 e. The van der Waals surface area contributed by atoms with Gasteiger partial charge in [0, 0.05) is 17.9 Å². The lowest BCUT2D eigenvalue weighted by Gasteiger charge is -2.12. The van der Waals surface area contributed by atoms with Gasteiger partial charge in [0.1, 0.15) is 0 Å². The molecular formula is C16H21NOS. The maximum Gasteiger partial charge on any atom is 0.0934 e. The third kappa shape index (κ3) is 3.88. The van der Waals surface area contributed by atoms with E-state index in [9.17, 15) is 5.11 Å². The quantitative estimate of drug-likeness (QED) is 0.906. The number of benzene rings is 1. The van der Waals surface area contributed by atoms with Gasteiger partial charge in [-0.3, -0.25) is 0 Å². The molecule has 0 aliphatic rings. The van der Waals surface area contributed by atoms with E-state index in [0.717, 1.165) is 23.5 Å². The van der Waals surface area contributed by atoms with Gasteiger partial charge in [0.05, 0.1) is 10.7 Å². The van der Waals surface area contributed by atoms with Gasteiger partial charge in [0.15, 0.2) is 0 Å². The minimum Gasteiger partial charge on any atom is -0.396 e. The van der Waals surface area contributed by atoms with Crippen LogP contribution in [0.25, 0.3) is 0 Å². The standard InChI is InChI=1S/C16H21NOS/c1-11-4-6-14(7-5-11)8-15(10-18)9-16-17-12(2)13(3)19-16/h4-7,15,18H,8-10H2,1-3H3. The zero-order valence-corrected chi connectivity index (χ0v) is 12.6. The number of aryl methyl sites for hydroxylation is 3. The van der Waals surface area contributed by atoms with Gasteiger partial charge in [-0.25, -0.2) is 4.98 Å². The molecule has 1 heterocycles. The Morgan fingerprint density at radius 2 is 1.79 bits per heavy atom. The van der Waals surface area contributed by atoms with Crippen molar-refractivity contribution in [3.8, 4) is 0 Å². The third-order valence-corrected chi connectivity index (χ3v) is 4.53. The number of rotatable bonds is 5.